The summed E-state index contributed by atoms with van der Waals surface area (Å²) in [6.45, 7) is 2.14. The van der Waals surface area contributed by atoms with E-state index in [2.05, 4.69) is 12.2 Å². The lowest BCUT2D eigenvalue weighted by Crippen LogP contribution is -2.28. The zero-order chi connectivity index (χ0) is 14.8. The molecule has 0 spiro atoms. The Balaban J connectivity index is 2.16. The minimum absolute atomic E-state index is 0.109. The predicted molar refractivity (Wildman–Crippen MR) is 76.1 cm³/mol. The summed E-state index contributed by atoms with van der Waals surface area (Å²) < 4.78 is 39.1. The molecule has 2 rings (SSSR count). The number of alkyl halides is 3. The highest BCUT2D eigenvalue weighted by Gasteiger charge is 2.34. The van der Waals surface area contributed by atoms with Crippen molar-refractivity contribution in [2.75, 3.05) is 5.32 Å². The van der Waals surface area contributed by atoms with Crippen LogP contribution in [0, 0.1) is 5.92 Å². The van der Waals surface area contributed by atoms with Gasteiger partial charge in [-0.3, -0.25) is 0 Å². The van der Waals surface area contributed by atoms with Gasteiger partial charge in [-0.2, -0.15) is 13.2 Å². The maximum Gasteiger partial charge on any atom is 0.418 e. The van der Waals surface area contributed by atoms with Gasteiger partial charge in [0.25, 0.3) is 0 Å². The molecule has 0 bridgehead atoms. The van der Waals surface area contributed by atoms with Crippen molar-refractivity contribution < 1.29 is 13.2 Å². The summed E-state index contributed by atoms with van der Waals surface area (Å²) >= 11 is 5.68. The van der Waals surface area contributed by atoms with Gasteiger partial charge in [-0.1, -0.05) is 37.8 Å². The Morgan fingerprint density at radius 3 is 2.70 bits per heavy atom. The SMILES string of the molecule is CCC1CCCC(Nc2ccc(Cl)cc2C(F)(F)F)C1. The van der Waals surface area contributed by atoms with Gasteiger partial charge in [-0.15, -0.1) is 0 Å². The maximum absolute atomic E-state index is 13.0. The standard InChI is InChI=1S/C15H19ClF3N/c1-2-10-4-3-5-12(8-10)20-14-7-6-11(16)9-13(14)15(17,18)19/h6-7,9-10,12,20H,2-5,8H2,1H3. The van der Waals surface area contributed by atoms with Crippen LogP contribution in [0.4, 0.5) is 18.9 Å². The van der Waals surface area contributed by atoms with E-state index in [9.17, 15) is 13.2 Å². The second kappa shape index (κ2) is 6.25. The van der Waals surface area contributed by atoms with Crippen LogP contribution in [0.25, 0.3) is 0 Å². The van der Waals surface area contributed by atoms with E-state index in [0.717, 1.165) is 31.7 Å². The van der Waals surface area contributed by atoms with Crippen molar-refractivity contribution in [1.29, 1.82) is 0 Å². The summed E-state index contributed by atoms with van der Waals surface area (Å²) in [4.78, 5) is 0. The third kappa shape index (κ3) is 3.81. The normalized spacial score (nSPS) is 23.6. The molecular formula is C15H19ClF3N. The predicted octanol–water partition coefficient (Wildman–Crippen LogP) is 5.74. The average Bonchev–Trinajstić information content (AvgIpc) is 2.40. The summed E-state index contributed by atoms with van der Waals surface area (Å²) in [5.74, 6) is 0.614. The van der Waals surface area contributed by atoms with Gasteiger partial charge in [0.05, 0.1) is 5.56 Å². The number of benzene rings is 1. The van der Waals surface area contributed by atoms with Crippen LogP contribution in [0.5, 0.6) is 0 Å². The molecule has 1 aliphatic carbocycles. The van der Waals surface area contributed by atoms with Crippen molar-refractivity contribution >= 4 is 17.3 Å². The Morgan fingerprint density at radius 2 is 2.05 bits per heavy atom. The highest BCUT2D eigenvalue weighted by Crippen LogP contribution is 2.38. The average molecular weight is 306 g/mol. The Kier molecular flexibility index (Phi) is 4.84. The van der Waals surface area contributed by atoms with Crippen molar-refractivity contribution in [2.45, 2.75) is 51.2 Å². The minimum atomic E-state index is -4.38. The molecule has 1 nitrogen and oxygen atoms in total. The van der Waals surface area contributed by atoms with Gasteiger partial charge in [-0.05, 0) is 37.0 Å². The van der Waals surface area contributed by atoms with E-state index < -0.39 is 11.7 Å². The van der Waals surface area contributed by atoms with Crippen molar-refractivity contribution in [1.82, 2.24) is 0 Å². The molecule has 0 heterocycles. The summed E-state index contributed by atoms with van der Waals surface area (Å²) in [5, 5.41) is 3.18. The van der Waals surface area contributed by atoms with E-state index in [-0.39, 0.29) is 16.8 Å². The third-order valence-corrected chi connectivity index (χ3v) is 4.24. The van der Waals surface area contributed by atoms with Crippen LogP contribution in [0.15, 0.2) is 18.2 Å². The molecule has 1 aromatic carbocycles. The highest BCUT2D eigenvalue weighted by molar-refractivity contribution is 6.30. The second-order valence-corrected chi connectivity index (χ2v) is 5.91. The molecule has 0 radical (unpaired) electrons. The summed E-state index contributed by atoms with van der Waals surface area (Å²) in [7, 11) is 0. The van der Waals surface area contributed by atoms with Crippen molar-refractivity contribution in [2.24, 2.45) is 5.92 Å². The molecule has 0 aliphatic heterocycles. The van der Waals surface area contributed by atoms with Crippen LogP contribution in [-0.2, 0) is 6.18 Å². The maximum atomic E-state index is 13.0. The molecule has 112 valence electrons. The lowest BCUT2D eigenvalue weighted by atomic mass is 9.84. The van der Waals surface area contributed by atoms with Gasteiger partial charge in [0.15, 0.2) is 0 Å². The molecule has 1 fully saturated rings. The monoisotopic (exact) mass is 305 g/mol. The zero-order valence-corrected chi connectivity index (χ0v) is 12.2. The van der Waals surface area contributed by atoms with Crippen molar-refractivity contribution in [3.8, 4) is 0 Å². The smallest absolute Gasteiger partial charge is 0.382 e. The van der Waals surface area contributed by atoms with E-state index in [1.165, 1.54) is 18.6 Å². The molecule has 1 saturated carbocycles. The number of hydrogen-bond acceptors (Lipinski definition) is 1. The van der Waals surface area contributed by atoms with Crippen molar-refractivity contribution in [3.63, 3.8) is 0 Å². The molecule has 0 amide bonds. The molecule has 2 unspecified atom stereocenters. The first-order valence-electron chi connectivity index (χ1n) is 7.03. The first-order valence-corrected chi connectivity index (χ1v) is 7.41. The largest absolute Gasteiger partial charge is 0.418 e. The number of rotatable bonds is 3. The van der Waals surface area contributed by atoms with E-state index in [4.69, 9.17) is 11.6 Å². The summed E-state index contributed by atoms with van der Waals surface area (Å²) in [5.41, 5.74) is -0.535. The Hall–Kier alpha value is -0.900. The van der Waals surface area contributed by atoms with E-state index in [0.29, 0.717) is 5.92 Å². The van der Waals surface area contributed by atoms with Gasteiger partial charge in [0, 0.05) is 16.8 Å². The fourth-order valence-electron chi connectivity index (χ4n) is 2.89. The molecule has 5 heteroatoms. The number of nitrogens with one attached hydrogen (secondary N) is 1. The topological polar surface area (TPSA) is 12.0 Å². The lowest BCUT2D eigenvalue weighted by Gasteiger charge is -2.30. The quantitative estimate of drug-likeness (QED) is 0.751. The number of anilines is 1. The van der Waals surface area contributed by atoms with Gasteiger partial charge in [0.1, 0.15) is 0 Å². The fourth-order valence-corrected chi connectivity index (χ4v) is 3.06. The van der Waals surface area contributed by atoms with Crippen LogP contribution in [0.1, 0.15) is 44.6 Å². The van der Waals surface area contributed by atoms with Crippen LogP contribution in [0.3, 0.4) is 0 Å². The van der Waals surface area contributed by atoms with Gasteiger partial charge in [-0.25, -0.2) is 0 Å². The lowest BCUT2D eigenvalue weighted by molar-refractivity contribution is -0.137. The van der Waals surface area contributed by atoms with Crippen LogP contribution in [-0.4, -0.2) is 6.04 Å². The first kappa shape index (κ1) is 15.5. The molecular weight excluding hydrogens is 287 g/mol. The molecule has 20 heavy (non-hydrogen) atoms. The van der Waals surface area contributed by atoms with Crippen LogP contribution in [0.2, 0.25) is 5.02 Å². The van der Waals surface area contributed by atoms with E-state index >= 15 is 0 Å². The highest BCUT2D eigenvalue weighted by atomic mass is 35.5. The van der Waals surface area contributed by atoms with Crippen LogP contribution < -0.4 is 5.32 Å². The third-order valence-electron chi connectivity index (χ3n) is 4.01. The van der Waals surface area contributed by atoms with Gasteiger partial charge < -0.3 is 5.32 Å². The molecule has 2 atom stereocenters. The number of hydrogen-bond donors (Lipinski definition) is 1. The Labute approximate surface area is 122 Å². The molecule has 1 aliphatic rings. The molecule has 0 saturated heterocycles. The van der Waals surface area contributed by atoms with Crippen LogP contribution >= 0.6 is 11.6 Å². The van der Waals surface area contributed by atoms with Crippen molar-refractivity contribution in [3.05, 3.63) is 28.8 Å². The molecule has 1 aromatic rings. The zero-order valence-electron chi connectivity index (χ0n) is 11.4. The Bertz CT molecular complexity index is 459. The number of halogens is 4. The van der Waals surface area contributed by atoms with E-state index in [1.807, 2.05) is 0 Å². The molecule has 0 aromatic heterocycles. The van der Waals surface area contributed by atoms with Gasteiger partial charge >= 0.3 is 6.18 Å². The summed E-state index contributed by atoms with van der Waals surface area (Å²) in [6.07, 6.45) is 0.830. The second-order valence-electron chi connectivity index (χ2n) is 5.47. The fraction of sp³-hybridized carbons (Fsp3) is 0.600. The van der Waals surface area contributed by atoms with E-state index in [1.54, 1.807) is 0 Å². The Morgan fingerprint density at radius 1 is 1.30 bits per heavy atom. The minimum Gasteiger partial charge on any atom is -0.382 e. The summed E-state index contributed by atoms with van der Waals surface area (Å²) in [6, 6.07) is 4.04. The first-order chi connectivity index (χ1) is 9.40. The molecule has 1 N–H and O–H groups in total. The van der Waals surface area contributed by atoms with Gasteiger partial charge in [0.2, 0.25) is 0 Å².